The van der Waals surface area contributed by atoms with E-state index >= 15 is 0 Å². The molecule has 0 rings (SSSR count). The summed E-state index contributed by atoms with van der Waals surface area (Å²) in [4.78, 5) is 10.9. The molecule has 0 heterocycles. The monoisotopic (exact) mass is 189 g/mol. The molecule has 0 fully saturated rings. The fourth-order valence-electron chi connectivity index (χ4n) is 0.909. The molecule has 0 spiro atoms. The van der Waals surface area contributed by atoms with E-state index in [1.165, 1.54) is 0 Å². The predicted molar refractivity (Wildman–Crippen MR) is 50.7 cm³/mol. The second-order valence-corrected chi connectivity index (χ2v) is 3.27. The zero-order valence-corrected chi connectivity index (χ0v) is 8.85. The highest BCUT2D eigenvalue weighted by atomic mass is 16.5. The number of carbonyl (C=O) groups excluding carboxylic acids is 1. The second kappa shape index (κ2) is 5.80. The summed E-state index contributed by atoms with van der Waals surface area (Å²) in [5, 5.41) is 2.62. The molecule has 1 N–H and O–H groups in total. The van der Waals surface area contributed by atoms with Gasteiger partial charge in [0, 0.05) is 13.2 Å². The number of nitrogens with one attached hydrogen (secondary N) is 1. The Labute approximate surface area is 79.6 Å². The second-order valence-electron chi connectivity index (χ2n) is 3.27. The first-order valence-electron chi connectivity index (χ1n) is 4.56. The molecule has 0 unspecified atom stereocenters. The standard InChI is InChI=1S/C9H19NO3/c1-5-12-8(11)10-7-9(3,4)13-6-2/h5-7H2,1-4H3,(H,10,11). The molecule has 0 saturated heterocycles. The molecule has 0 aromatic carbocycles. The van der Waals surface area contributed by atoms with Crippen molar-refractivity contribution in [2.45, 2.75) is 33.3 Å². The van der Waals surface area contributed by atoms with Crippen molar-refractivity contribution in [3.05, 3.63) is 0 Å². The summed E-state index contributed by atoms with van der Waals surface area (Å²) in [5.74, 6) is 0. The molecule has 0 aliphatic carbocycles. The van der Waals surface area contributed by atoms with Crippen LogP contribution in [0.5, 0.6) is 0 Å². The normalized spacial score (nSPS) is 11.1. The van der Waals surface area contributed by atoms with Crippen molar-refractivity contribution in [2.24, 2.45) is 0 Å². The lowest BCUT2D eigenvalue weighted by Gasteiger charge is -2.24. The largest absolute Gasteiger partial charge is 0.450 e. The quantitative estimate of drug-likeness (QED) is 0.713. The fourth-order valence-corrected chi connectivity index (χ4v) is 0.909. The molecule has 78 valence electrons. The highest BCUT2D eigenvalue weighted by Gasteiger charge is 2.18. The van der Waals surface area contributed by atoms with Crippen LogP contribution in [0.3, 0.4) is 0 Å². The van der Waals surface area contributed by atoms with Gasteiger partial charge < -0.3 is 14.8 Å². The summed E-state index contributed by atoms with van der Waals surface area (Å²) in [6, 6.07) is 0. The Morgan fingerprint density at radius 2 is 1.92 bits per heavy atom. The van der Waals surface area contributed by atoms with Crippen LogP contribution in [0.25, 0.3) is 0 Å². The minimum absolute atomic E-state index is 0.332. The van der Waals surface area contributed by atoms with E-state index in [9.17, 15) is 4.79 Å². The van der Waals surface area contributed by atoms with Crippen molar-refractivity contribution in [1.82, 2.24) is 5.32 Å². The number of carbonyl (C=O) groups is 1. The Balaban J connectivity index is 3.67. The third-order valence-corrected chi connectivity index (χ3v) is 1.47. The summed E-state index contributed by atoms with van der Waals surface area (Å²) in [6.07, 6.45) is -0.393. The van der Waals surface area contributed by atoms with Gasteiger partial charge >= 0.3 is 6.09 Å². The Morgan fingerprint density at radius 1 is 1.31 bits per heavy atom. The van der Waals surface area contributed by atoms with Gasteiger partial charge in [-0.3, -0.25) is 0 Å². The molecular weight excluding hydrogens is 170 g/mol. The summed E-state index contributed by atoms with van der Waals surface area (Å²) < 4.78 is 10.1. The van der Waals surface area contributed by atoms with Crippen molar-refractivity contribution in [3.63, 3.8) is 0 Å². The number of amides is 1. The van der Waals surface area contributed by atoms with E-state index in [2.05, 4.69) is 5.32 Å². The van der Waals surface area contributed by atoms with Crippen LogP contribution in [0.15, 0.2) is 0 Å². The summed E-state index contributed by atoms with van der Waals surface area (Å²) in [7, 11) is 0. The molecule has 0 aliphatic heterocycles. The van der Waals surface area contributed by atoms with Crippen molar-refractivity contribution >= 4 is 6.09 Å². The van der Waals surface area contributed by atoms with Crippen LogP contribution in [0, 0.1) is 0 Å². The predicted octanol–water partition coefficient (Wildman–Crippen LogP) is 1.55. The first-order valence-corrected chi connectivity index (χ1v) is 4.56. The van der Waals surface area contributed by atoms with Gasteiger partial charge in [0.05, 0.1) is 12.2 Å². The molecule has 0 aromatic heterocycles. The van der Waals surface area contributed by atoms with Crippen molar-refractivity contribution in [1.29, 1.82) is 0 Å². The van der Waals surface area contributed by atoms with Gasteiger partial charge in [-0.2, -0.15) is 0 Å². The van der Waals surface area contributed by atoms with Crippen LogP contribution < -0.4 is 5.32 Å². The van der Waals surface area contributed by atoms with Gasteiger partial charge in [0.15, 0.2) is 0 Å². The van der Waals surface area contributed by atoms with Gasteiger partial charge in [-0.25, -0.2) is 4.79 Å². The van der Waals surface area contributed by atoms with Gasteiger partial charge in [-0.1, -0.05) is 0 Å². The van der Waals surface area contributed by atoms with Gasteiger partial charge in [0.25, 0.3) is 0 Å². The van der Waals surface area contributed by atoms with Crippen LogP contribution in [-0.4, -0.2) is 31.5 Å². The van der Waals surface area contributed by atoms with Crippen LogP contribution in [0.1, 0.15) is 27.7 Å². The third kappa shape index (κ3) is 6.40. The Hall–Kier alpha value is -0.770. The maximum Gasteiger partial charge on any atom is 0.407 e. The molecule has 13 heavy (non-hydrogen) atoms. The average Bonchev–Trinajstić information content (AvgIpc) is 2.02. The van der Waals surface area contributed by atoms with E-state index in [0.29, 0.717) is 19.8 Å². The van der Waals surface area contributed by atoms with Crippen LogP contribution in [0.2, 0.25) is 0 Å². The molecule has 0 saturated carbocycles. The number of rotatable bonds is 5. The molecular formula is C9H19NO3. The number of hydrogen-bond acceptors (Lipinski definition) is 3. The smallest absolute Gasteiger partial charge is 0.407 e. The van der Waals surface area contributed by atoms with E-state index in [1.54, 1.807) is 6.92 Å². The minimum atomic E-state index is -0.393. The molecule has 0 aliphatic rings. The van der Waals surface area contributed by atoms with Gasteiger partial charge in [0.2, 0.25) is 0 Å². The fraction of sp³-hybridized carbons (Fsp3) is 0.889. The Bertz CT molecular complexity index is 157. The van der Waals surface area contributed by atoms with Crippen LogP contribution in [-0.2, 0) is 9.47 Å². The summed E-state index contributed by atoms with van der Waals surface area (Å²) in [5.41, 5.74) is -0.332. The Kier molecular flexibility index (Phi) is 5.46. The lowest BCUT2D eigenvalue weighted by molar-refractivity contribution is -0.00880. The van der Waals surface area contributed by atoms with Crippen LogP contribution in [0.4, 0.5) is 4.79 Å². The molecule has 1 amide bonds. The zero-order chi connectivity index (χ0) is 10.3. The molecule has 0 radical (unpaired) electrons. The maximum atomic E-state index is 10.9. The third-order valence-electron chi connectivity index (χ3n) is 1.47. The van der Waals surface area contributed by atoms with Crippen molar-refractivity contribution < 1.29 is 14.3 Å². The highest BCUT2D eigenvalue weighted by Crippen LogP contribution is 2.06. The molecule has 4 nitrogen and oxygen atoms in total. The lowest BCUT2D eigenvalue weighted by Crippen LogP contribution is -2.40. The molecule has 0 aromatic rings. The average molecular weight is 189 g/mol. The topological polar surface area (TPSA) is 47.6 Å². The lowest BCUT2D eigenvalue weighted by atomic mass is 10.1. The van der Waals surface area contributed by atoms with E-state index in [1.807, 2.05) is 20.8 Å². The first-order chi connectivity index (χ1) is 6.02. The minimum Gasteiger partial charge on any atom is -0.450 e. The van der Waals surface area contributed by atoms with E-state index < -0.39 is 6.09 Å². The first kappa shape index (κ1) is 12.2. The van der Waals surface area contributed by atoms with Gasteiger partial charge in [-0.15, -0.1) is 0 Å². The number of ether oxygens (including phenoxy) is 2. The maximum absolute atomic E-state index is 10.9. The van der Waals surface area contributed by atoms with Gasteiger partial charge in [0.1, 0.15) is 0 Å². The molecule has 0 atom stereocenters. The van der Waals surface area contributed by atoms with Crippen molar-refractivity contribution in [3.8, 4) is 0 Å². The Morgan fingerprint density at radius 3 is 2.38 bits per heavy atom. The van der Waals surface area contributed by atoms with Gasteiger partial charge in [-0.05, 0) is 27.7 Å². The highest BCUT2D eigenvalue weighted by molar-refractivity contribution is 5.67. The SMILES string of the molecule is CCOC(=O)NCC(C)(C)OCC. The number of hydrogen-bond donors (Lipinski definition) is 1. The van der Waals surface area contributed by atoms with Crippen molar-refractivity contribution in [2.75, 3.05) is 19.8 Å². The van der Waals surface area contributed by atoms with E-state index in [4.69, 9.17) is 9.47 Å². The van der Waals surface area contributed by atoms with E-state index in [-0.39, 0.29) is 5.60 Å². The summed E-state index contributed by atoms with van der Waals surface area (Å²) >= 11 is 0. The summed E-state index contributed by atoms with van der Waals surface area (Å²) in [6.45, 7) is 9.02. The van der Waals surface area contributed by atoms with E-state index in [0.717, 1.165) is 0 Å². The number of alkyl carbamates (subject to hydrolysis) is 1. The molecule has 0 bridgehead atoms. The zero-order valence-electron chi connectivity index (χ0n) is 8.85. The van der Waals surface area contributed by atoms with Crippen LogP contribution >= 0.6 is 0 Å². The molecule has 4 heteroatoms.